The first-order valence-electron chi connectivity index (χ1n) is 29.2. The second kappa shape index (κ2) is 15.6. The summed E-state index contributed by atoms with van der Waals surface area (Å²) in [5, 5.41) is 0. The van der Waals surface area contributed by atoms with Crippen LogP contribution >= 0.6 is 0 Å². The maximum absolute atomic E-state index is 7.96. The SMILES string of the molecule is Cc1cc2c3c(c1)N(c1ccc(C(C)(C)C)cc1-c1ccc4c(c1)C(C)(C)CCC4(C)C)c1c(oc4c1C(C)(C)CCC4(C)C)B3c1ccc3c(c1N2c1ccc2c(c1)C(C)(C)CCC2(C)C)C(C)(C)CCC3(C)C. The minimum absolute atomic E-state index is 0.0368. The van der Waals surface area contributed by atoms with Gasteiger partial charge in [-0.15, -0.1) is 0 Å². The summed E-state index contributed by atoms with van der Waals surface area (Å²) in [7, 11) is 0. The van der Waals surface area contributed by atoms with Gasteiger partial charge in [0.25, 0.3) is 6.71 Å². The summed E-state index contributed by atoms with van der Waals surface area (Å²) in [5.41, 5.74) is 27.2. The first-order chi connectivity index (χ1) is 34.7. The van der Waals surface area contributed by atoms with E-state index in [1.54, 1.807) is 0 Å². The normalized spacial score (nSPS) is 22.2. The molecule has 75 heavy (non-hydrogen) atoms. The minimum Gasteiger partial charge on any atom is -0.472 e. The summed E-state index contributed by atoms with van der Waals surface area (Å²) in [5.74, 6) is 1.17. The molecule has 0 saturated heterocycles. The van der Waals surface area contributed by atoms with Crippen molar-refractivity contribution in [2.45, 2.75) is 239 Å². The number of hydrogen-bond acceptors (Lipinski definition) is 3. The lowest BCUT2D eigenvalue weighted by Gasteiger charge is -2.49. The van der Waals surface area contributed by atoms with Crippen molar-refractivity contribution < 1.29 is 4.42 Å². The predicted molar refractivity (Wildman–Crippen MR) is 323 cm³/mol. The van der Waals surface area contributed by atoms with Crippen molar-refractivity contribution in [3.8, 4) is 11.1 Å². The van der Waals surface area contributed by atoms with Crippen LogP contribution in [-0.4, -0.2) is 6.71 Å². The van der Waals surface area contributed by atoms with Gasteiger partial charge in [0.2, 0.25) is 0 Å². The molecule has 4 aliphatic carbocycles. The highest BCUT2D eigenvalue weighted by atomic mass is 16.3. The summed E-state index contributed by atoms with van der Waals surface area (Å²) in [4.78, 5) is 5.51. The Labute approximate surface area is 453 Å². The molecule has 0 N–H and O–H groups in total. The van der Waals surface area contributed by atoms with Crippen LogP contribution in [0, 0.1) is 6.92 Å². The number of aryl methyl sites for hydroxylation is 1. The van der Waals surface area contributed by atoms with E-state index < -0.39 is 0 Å². The highest BCUT2D eigenvalue weighted by Gasteiger charge is 2.55. The lowest BCUT2D eigenvalue weighted by atomic mass is 9.34. The van der Waals surface area contributed by atoms with Gasteiger partial charge < -0.3 is 14.2 Å². The van der Waals surface area contributed by atoms with Crippen molar-refractivity contribution >= 4 is 57.4 Å². The Bertz CT molecular complexity index is 3410. The topological polar surface area (TPSA) is 19.6 Å². The van der Waals surface area contributed by atoms with E-state index in [2.05, 4.69) is 227 Å². The van der Waals surface area contributed by atoms with E-state index in [9.17, 15) is 0 Å². The molecule has 0 atom stereocenters. The summed E-state index contributed by atoms with van der Waals surface area (Å²) in [6.45, 7) is 49.1. The van der Waals surface area contributed by atoms with Gasteiger partial charge in [-0.25, -0.2) is 0 Å². The molecule has 2 aliphatic heterocycles. The highest BCUT2D eigenvalue weighted by Crippen LogP contribution is 2.59. The molecule has 0 saturated carbocycles. The zero-order valence-corrected chi connectivity index (χ0v) is 50.0. The van der Waals surface area contributed by atoms with Gasteiger partial charge in [-0.1, -0.05) is 174 Å². The molecule has 1 aromatic heterocycles. The van der Waals surface area contributed by atoms with E-state index in [-0.39, 0.29) is 55.4 Å². The molecule has 6 aliphatic rings. The average molecular weight is 997 g/mol. The number of furan rings is 1. The molecule has 4 heteroatoms. The molecule has 0 spiro atoms. The van der Waals surface area contributed by atoms with Crippen molar-refractivity contribution in [1.82, 2.24) is 0 Å². The highest BCUT2D eigenvalue weighted by molar-refractivity contribution is 6.99. The Balaban J connectivity index is 1.23. The molecule has 0 radical (unpaired) electrons. The standard InChI is InChI=1S/C71H89BN2O/c1-42-37-54-58-55(38-42)74(53-28-22-44(63(2,3)4)40-46(53)43-21-24-47-50(39-43)67(11,12)31-29-64(47,5)6)60-57-61(71(19,20)36-35-70(57,17)18)75-62(60)72(58)52-27-26-49-56(69(15,16)34-33-66(49,9)10)59(52)73(54)45-23-25-48-51(41-45)68(13,14)32-30-65(48,7)8/h21-28,37-41H,29-36H2,1-20H3. The monoisotopic (exact) mass is 997 g/mol. The molecular formula is C71H89BN2O. The van der Waals surface area contributed by atoms with E-state index in [4.69, 9.17) is 4.42 Å². The number of nitrogens with zero attached hydrogens (tertiary/aromatic N) is 2. The number of hydrogen-bond donors (Lipinski definition) is 0. The molecule has 6 aromatic rings. The van der Waals surface area contributed by atoms with Crippen molar-refractivity contribution in [1.29, 1.82) is 0 Å². The van der Waals surface area contributed by atoms with Crippen LogP contribution in [0.15, 0.2) is 83.3 Å². The van der Waals surface area contributed by atoms with Crippen LogP contribution in [0.25, 0.3) is 11.1 Å². The number of anilines is 6. The lowest BCUT2D eigenvalue weighted by Crippen LogP contribution is -2.62. The molecule has 3 heterocycles. The quantitative estimate of drug-likeness (QED) is 0.165. The summed E-state index contributed by atoms with van der Waals surface area (Å²) < 4.78 is 7.96. The lowest BCUT2D eigenvalue weighted by molar-refractivity contribution is 0.282. The van der Waals surface area contributed by atoms with Crippen LogP contribution in [0.1, 0.15) is 239 Å². The maximum atomic E-state index is 7.96. The van der Waals surface area contributed by atoms with Crippen LogP contribution < -0.4 is 26.4 Å². The van der Waals surface area contributed by atoms with Gasteiger partial charge in [-0.3, -0.25) is 0 Å². The predicted octanol–water partition coefficient (Wildman–Crippen LogP) is 18.0. The fourth-order valence-corrected chi connectivity index (χ4v) is 15.6. The molecular weight excluding hydrogens is 908 g/mol. The van der Waals surface area contributed by atoms with E-state index in [0.717, 1.165) is 24.9 Å². The number of benzene rings is 5. The van der Waals surface area contributed by atoms with Crippen molar-refractivity contribution in [2.75, 3.05) is 9.80 Å². The minimum atomic E-state index is -0.135. The molecule has 392 valence electrons. The van der Waals surface area contributed by atoms with Gasteiger partial charge in [0.15, 0.2) is 0 Å². The Morgan fingerprint density at radius 1 is 0.440 bits per heavy atom. The second-order valence-electron chi connectivity index (χ2n) is 31.3. The van der Waals surface area contributed by atoms with Crippen LogP contribution in [0.4, 0.5) is 34.1 Å². The zero-order chi connectivity index (χ0) is 53.9. The molecule has 5 aromatic carbocycles. The third-order valence-corrected chi connectivity index (χ3v) is 21.0. The van der Waals surface area contributed by atoms with E-state index in [0.29, 0.717) is 0 Å². The van der Waals surface area contributed by atoms with Crippen molar-refractivity contribution in [3.63, 3.8) is 0 Å². The largest absolute Gasteiger partial charge is 0.472 e. The number of rotatable bonds is 3. The van der Waals surface area contributed by atoms with Gasteiger partial charge in [0.1, 0.15) is 5.76 Å². The smallest absolute Gasteiger partial charge is 0.297 e. The van der Waals surface area contributed by atoms with Gasteiger partial charge in [0, 0.05) is 39.3 Å². The maximum Gasteiger partial charge on any atom is 0.297 e. The molecule has 0 fully saturated rings. The summed E-state index contributed by atoms with van der Waals surface area (Å²) >= 11 is 0. The van der Waals surface area contributed by atoms with Gasteiger partial charge in [-0.05, 0) is 199 Å². The first-order valence-corrected chi connectivity index (χ1v) is 29.2. The van der Waals surface area contributed by atoms with E-state index in [1.807, 2.05) is 0 Å². The first kappa shape index (κ1) is 50.8. The summed E-state index contributed by atoms with van der Waals surface area (Å²) in [6.07, 6.45) is 9.24. The Morgan fingerprint density at radius 3 is 1.53 bits per heavy atom. The van der Waals surface area contributed by atoms with E-state index in [1.165, 1.54) is 144 Å². The van der Waals surface area contributed by atoms with Crippen molar-refractivity contribution in [3.05, 3.63) is 135 Å². The van der Waals surface area contributed by atoms with Crippen LogP contribution in [0.3, 0.4) is 0 Å². The number of fused-ring (bicyclic) bond motifs is 10. The van der Waals surface area contributed by atoms with Crippen molar-refractivity contribution in [2.24, 2.45) is 0 Å². The molecule has 0 bridgehead atoms. The fraction of sp³-hybridized carbons (Fsp3) is 0.521. The van der Waals surface area contributed by atoms with Gasteiger partial charge in [-0.2, -0.15) is 0 Å². The molecule has 0 unspecified atom stereocenters. The van der Waals surface area contributed by atoms with Crippen LogP contribution in [-0.2, 0) is 48.7 Å². The summed E-state index contributed by atoms with van der Waals surface area (Å²) in [6, 6.07) is 32.9. The zero-order valence-electron chi connectivity index (χ0n) is 50.0. The third-order valence-electron chi connectivity index (χ3n) is 21.0. The fourth-order valence-electron chi connectivity index (χ4n) is 15.6. The molecule has 12 rings (SSSR count). The second-order valence-corrected chi connectivity index (χ2v) is 31.3. The van der Waals surface area contributed by atoms with Gasteiger partial charge in [0.05, 0.1) is 17.0 Å². The molecule has 0 amide bonds. The van der Waals surface area contributed by atoms with Crippen LogP contribution in [0.5, 0.6) is 0 Å². The Morgan fingerprint density at radius 2 is 0.933 bits per heavy atom. The molecule has 3 nitrogen and oxygen atoms in total. The van der Waals surface area contributed by atoms with Crippen LogP contribution in [0.2, 0.25) is 0 Å². The average Bonchev–Trinajstić information content (AvgIpc) is 3.75. The van der Waals surface area contributed by atoms with E-state index >= 15 is 0 Å². The Hall–Kier alpha value is -4.96. The van der Waals surface area contributed by atoms with Gasteiger partial charge >= 0.3 is 0 Å². The Kier molecular flexibility index (Phi) is 10.6. The third kappa shape index (κ3) is 7.38.